The van der Waals surface area contributed by atoms with Gasteiger partial charge in [0.15, 0.2) is 5.65 Å². The molecular formula is C14H9ClF3N3. The topological polar surface area (TPSA) is 43.3 Å². The number of hydrogen-bond acceptors (Lipinski definition) is 2. The van der Waals surface area contributed by atoms with Crippen LogP contribution in [0.4, 0.5) is 19.0 Å². The minimum atomic E-state index is -4.48. The van der Waals surface area contributed by atoms with Crippen molar-refractivity contribution in [2.75, 3.05) is 5.73 Å². The maximum Gasteiger partial charge on any atom is 0.417 e. The van der Waals surface area contributed by atoms with Gasteiger partial charge in [0, 0.05) is 11.8 Å². The number of alkyl halides is 3. The summed E-state index contributed by atoms with van der Waals surface area (Å²) in [6.07, 6.45) is -2.88. The van der Waals surface area contributed by atoms with E-state index in [0.717, 1.165) is 6.07 Å². The molecule has 0 aliphatic rings. The van der Waals surface area contributed by atoms with E-state index in [2.05, 4.69) is 4.98 Å². The van der Waals surface area contributed by atoms with Gasteiger partial charge in [0.25, 0.3) is 0 Å². The fraction of sp³-hybridized carbons (Fsp3) is 0.0714. The molecule has 0 aliphatic carbocycles. The van der Waals surface area contributed by atoms with Crippen molar-refractivity contribution < 1.29 is 13.2 Å². The number of fused-ring (bicyclic) bond motifs is 1. The van der Waals surface area contributed by atoms with E-state index >= 15 is 0 Å². The molecule has 7 heteroatoms. The zero-order chi connectivity index (χ0) is 15.2. The Morgan fingerprint density at radius 3 is 2.48 bits per heavy atom. The van der Waals surface area contributed by atoms with Gasteiger partial charge in [-0.25, -0.2) is 4.98 Å². The van der Waals surface area contributed by atoms with Gasteiger partial charge in [-0.1, -0.05) is 29.8 Å². The van der Waals surface area contributed by atoms with Crippen LogP contribution in [0.1, 0.15) is 5.56 Å². The molecule has 0 saturated carbocycles. The number of anilines is 1. The van der Waals surface area contributed by atoms with Crippen molar-refractivity contribution in [1.29, 1.82) is 0 Å². The third-order valence-electron chi connectivity index (χ3n) is 3.13. The molecule has 0 spiro atoms. The van der Waals surface area contributed by atoms with Crippen LogP contribution in [-0.4, -0.2) is 9.38 Å². The minimum Gasteiger partial charge on any atom is -0.383 e. The molecule has 21 heavy (non-hydrogen) atoms. The molecule has 2 N–H and O–H groups in total. The van der Waals surface area contributed by atoms with E-state index in [1.165, 1.54) is 22.6 Å². The average Bonchev–Trinajstić information content (AvgIpc) is 2.77. The number of aromatic nitrogens is 2. The number of nitrogen functional groups attached to an aromatic ring is 1. The molecule has 2 heterocycles. The van der Waals surface area contributed by atoms with E-state index in [9.17, 15) is 13.2 Å². The summed E-state index contributed by atoms with van der Waals surface area (Å²) in [6, 6.07) is 8.42. The third-order valence-corrected chi connectivity index (χ3v) is 3.42. The summed E-state index contributed by atoms with van der Waals surface area (Å²) in [7, 11) is 0. The van der Waals surface area contributed by atoms with Crippen molar-refractivity contribution in [3.63, 3.8) is 0 Å². The average molecular weight is 312 g/mol. The highest BCUT2D eigenvalue weighted by atomic mass is 35.5. The second kappa shape index (κ2) is 4.66. The number of hydrogen-bond donors (Lipinski definition) is 1. The molecule has 0 amide bonds. The smallest absolute Gasteiger partial charge is 0.383 e. The predicted octanol–water partition coefficient (Wildman–Crippen LogP) is 4.26. The van der Waals surface area contributed by atoms with E-state index in [1.807, 2.05) is 0 Å². The molecule has 1 aromatic carbocycles. The van der Waals surface area contributed by atoms with Gasteiger partial charge in [-0.2, -0.15) is 13.2 Å². The lowest BCUT2D eigenvalue weighted by Crippen LogP contribution is -2.07. The lowest BCUT2D eigenvalue weighted by molar-refractivity contribution is -0.137. The second-order valence-corrected chi connectivity index (χ2v) is 4.85. The summed E-state index contributed by atoms with van der Waals surface area (Å²) >= 11 is 6.00. The summed E-state index contributed by atoms with van der Waals surface area (Å²) in [4.78, 5) is 4.16. The van der Waals surface area contributed by atoms with Crippen LogP contribution in [0.5, 0.6) is 0 Å². The van der Waals surface area contributed by atoms with Gasteiger partial charge in [-0.05, 0) is 18.2 Å². The number of nitrogens with zero attached hydrogens (tertiary/aromatic N) is 2. The first-order valence-corrected chi connectivity index (χ1v) is 6.36. The van der Waals surface area contributed by atoms with Crippen LogP contribution < -0.4 is 5.73 Å². The molecule has 0 saturated heterocycles. The number of imidazole rings is 1. The van der Waals surface area contributed by atoms with Gasteiger partial charge in [-0.15, -0.1) is 0 Å². The number of halogens is 4. The first-order valence-electron chi connectivity index (χ1n) is 5.98. The molecule has 0 bridgehead atoms. The number of benzene rings is 1. The van der Waals surface area contributed by atoms with Gasteiger partial charge in [-0.3, -0.25) is 4.40 Å². The van der Waals surface area contributed by atoms with Crippen LogP contribution in [0.2, 0.25) is 5.02 Å². The monoisotopic (exact) mass is 311 g/mol. The Hall–Kier alpha value is -2.21. The van der Waals surface area contributed by atoms with Gasteiger partial charge in [0.2, 0.25) is 0 Å². The van der Waals surface area contributed by atoms with E-state index in [0.29, 0.717) is 10.7 Å². The van der Waals surface area contributed by atoms with Crippen LogP contribution in [0, 0.1) is 0 Å². The highest BCUT2D eigenvalue weighted by Gasteiger charge is 2.34. The minimum absolute atomic E-state index is 0.0658. The largest absolute Gasteiger partial charge is 0.417 e. The zero-order valence-corrected chi connectivity index (χ0v) is 11.3. The van der Waals surface area contributed by atoms with Gasteiger partial charge in [0.1, 0.15) is 11.5 Å². The van der Waals surface area contributed by atoms with Crippen molar-refractivity contribution in [1.82, 2.24) is 9.38 Å². The van der Waals surface area contributed by atoms with E-state index in [1.54, 1.807) is 18.3 Å². The van der Waals surface area contributed by atoms with Crippen LogP contribution in [-0.2, 0) is 6.18 Å². The quantitative estimate of drug-likeness (QED) is 0.730. The first-order chi connectivity index (χ1) is 9.89. The first kappa shape index (κ1) is 13.8. The summed E-state index contributed by atoms with van der Waals surface area (Å²) in [6.45, 7) is 0. The molecule has 3 aromatic rings. The Labute approximate surface area is 122 Å². The number of pyridine rings is 1. The summed E-state index contributed by atoms with van der Waals surface area (Å²) < 4.78 is 40.8. The lowest BCUT2D eigenvalue weighted by atomic mass is 10.0. The molecule has 3 nitrogen and oxygen atoms in total. The fourth-order valence-corrected chi connectivity index (χ4v) is 2.39. The van der Waals surface area contributed by atoms with Crippen LogP contribution >= 0.6 is 11.6 Å². The standard InChI is InChI=1S/C14H9ClF3N3/c15-10-6-3-7-21-12(19)11(20-13(10)21)8-4-1-2-5-9(8)14(16,17)18/h1-7H,19H2. The Balaban J connectivity index is 2.32. The maximum atomic E-state index is 13.1. The van der Waals surface area contributed by atoms with E-state index < -0.39 is 11.7 Å². The van der Waals surface area contributed by atoms with E-state index in [4.69, 9.17) is 17.3 Å². The molecule has 2 aromatic heterocycles. The highest BCUT2D eigenvalue weighted by Crippen LogP contribution is 2.39. The SMILES string of the molecule is Nc1c(-c2ccccc2C(F)(F)F)nc2c(Cl)cccn12. The van der Waals surface area contributed by atoms with Crippen LogP contribution in [0.15, 0.2) is 42.6 Å². The summed E-state index contributed by atoms with van der Waals surface area (Å²) in [5.74, 6) is 0.115. The lowest BCUT2D eigenvalue weighted by Gasteiger charge is -2.11. The number of nitrogens with two attached hydrogens (primary N) is 1. The molecule has 0 unspecified atom stereocenters. The van der Waals surface area contributed by atoms with Crippen molar-refractivity contribution >= 4 is 23.1 Å². The Morgan fingerprint density at radius 2 is 1.81 bits per heavy atom. The molecule has 0 fully saturated rings. The fourth-order valence-electron chi connectivity index (χ4n) is 2.19. The van der Waals surface area contributed by atoms with Gasteiger partial charge < -0.3 is 5.73 Å². The zero-order valence-electron chi connectivity index (χ0n) is 10.5. The van der Waals surface area contributed by atoms with Crippen LogP contribution in [0.3, 0.4) is 0 Å². The third kappa shape index (κ3) is 2.21. The predicted molar refractivity (Wildman–Crippen MR) is 75.1 cm³/mol. The second-order valence-electron chi connectivity index (χ2n) is 4.44. The Kier molecular flexibility index (Phi) is 3.06. The van der Waals surface area contributed by atoms with E-state index in [-0.39, 0.29) is 17.1 Å². The molecule has 0 aliphatic heterocycles. The molecule has 0 radical (unpaired) electrons. The van der Waals surface area contributed by atoms with Gasteiger partial charge in [0.05, 0.1) is 10.6 Å². The van der Waals surface area contributed by atoms with Crippen molar-refractivity contribution in [3.05, 3.63) is 53.2 Å². The summed E-state index contributed by atoms with van der Waals surface area (Å²) in [5, 5.41) is 0.319. The van der Waals surface area contributed by atoms with Crippen LogP contribution in [0.25, 0.3) is 16.9 Å². The van der Waals surface area contributed by atoms with Crippen molar-refractivity contribution in [3.8, 4) is 11.3 Å². The van der Waals surface area contributed by atoms with Crippen molar-refractivity contribution in [2.45, 2.75) is 6.18 Å². The molecule has 0 atom stereocenters. The maximum absolute atomic E-state index is 13.1. The molecule has 108 valence electrons. The Morgan fingerprint density at radius 1 is 1.10 bits per heavy atom. The molecule has 3 rings (SSSR count). The number of rotatable bonds is 1. The normalized spacial score (nSPS) is 12.0. The van der Waals surface area contributed by atoms with Crippen molar-refractivity contribution in [2.24, 2.45) is 0 Å². The highest BCUT2D eigenvalue weighted by molar-refractivity contribution is 6.33. The summed E-state index contributed by atoms with van der Waals surface area (Å²) in [5.41, 5.74) is 5.47. The Bertz CT molecular complexity index is 824. The molecular weight excluding hydrogens is 303 g/mol. The van der Waals surface area contributed by atoms with Gasteiger partial charge >= 0.3 is 6.18 Å².